The molecule has 0 N–H and O–H groups in total. The van der Waals surface area contributed by atoms with E-state index in [-0.39, 0.29) is 12.1 Å². The topological polar surface area (TPSA) is 68.4 Å². The van der Waals surface area contributed by atoms with Crippen molar-refractivity contribution >= 4 is 12.1 Å². The van der Waals surface area contributed by atoms with Gasteiger partial charge in [0.2, 0.25) is 5.60 Å². The quantitative estimate of drug-likeness (QED) is 0.621. The zero-order chi connectivity index (χ0) is 18.2. The molecule has 0 radical (unpaired) electrons. The molecule has 6 heteroatoms. The Labute approximate surface area is 148 Å². The Kier molecular flexibility index (Phi) is 4.49. The molecule has 1 aromatic rings. The predicted octanol–water partition coefficient (Wildman–Crippen LogP) is 2.85. The van der Waals surface area contributed by atoms with Gasteiger partial charge in [0, 0.05) is 6.54 Å². The average molecular weight is 347 g/mol. The van der Waals surface area contributed by atoms with E-state index in [1.165, 1.54) is 7.11 Å². The Morgan fingerprint density at radius 3 is 2.52 bits per heavy atom. The molecule has 1 amide bonds. The third kappa shape index (κ3) is 3.23. The van der Waals surface area contributed by atoms with Gasteiger partial charge >= 0.3 is 12.1 Å². The van der Waals surface area contributed by atoms with Crippen molar-refractivity contribution in [3.8, 4) is 0 Å². The second kappa shape index (κ2) is 6.33. The van der Waals surface area contributed by atoms with Crippen LogP contribution in [0.3, 0.4) is 0 Å². The number of epoxide rings is 1. The van der Waals surface area contributed by atoms with E-state index < -0.39 is 23.3 Å². The van der Waals surface area contributed by atoms with Gasteiger partial charge in [-0.3, -0.25) is 0 Å². The van der Waals surface area contributed by atoms with Crippen LogP contribution in [0.15, 0.2) is 30.3 Å². The van der Waals surface area contributed by atoms with Crippen LogP contribution in [0, 0.1) is 0 Å². The first-order valence-corrected chi connectivity index (χ1v) is 8.61. The number of carbonyl (C=O) groups is 2. The lowest BCUT2D eigenvalue weighted by atomic mass is 9.91. The molecule has 2 aliphatic rings. The summed E-state index contributed by atoms with van der Waals surface area (Å²) in [5.41, 5.74) is -0.943. The largest absolute Gasteiger partial charge is 0.467 e. The third-order valence-corrected chi connectivity index (χ3v) is 4.62. The zero-order valence-electron chi connectivity index (χ0n) is 15.2. The fourth-order valence-corrected chi connectivity index (χ4v) is 3.52. The highest BCUT2D eigenvalue weighted by atomic mass is 16.7. The van der Waals surface area contributed by atoms with Crippen molar-refractivity contribution in [2.45, 2.75) is 57.0 Å². The number of ether oxygens (including phenoxy) is 3. The van der Waals surface area contributed by atoms with Gasteiger partial charge in [-0.15, -0.1) is 0 Å². The molecule has 136 valence electrons. The summed E-state index contributed by atoms with van der Waals surface area (Å²) in [6, 6.07) is 9.11. The normalized spacial score (nSPS) is 28.6. The summed E-state index contributed by atoms with van der Waals surface area (Å²) in [6.07, 6.45) is 0.848. The Morgan fingerprint density at radius 2 is 1.92 bits per heavy atom. The molecule has 2 fully saturated rings. The SMILES string of the molecule is COC(=O)[C@]1(c2ccccc2)O[C@@H]1C1CCCN1C(=O)OC(C)(C)C. The second-order valence-electron chi connectivity index (χ2n) is 7.52. The molecule has 2 saturated heterocycles. The number of esters is 1. The van der Waals surface area contributed by atoms with Crippen LogP contribution in [0.5, 0.6) is 0 Å². The molecular formula is C19H25NO5. The minimum atomic E-state index is -1.13. The molecule has 2 aliphatic heterocycles. The van der Waals surface area contributed by atoms with Gasteiger partial charge in [-0.1, -0.05) is 30.3 Å². The summed E-state index contributed by atoms with van der Waals surface area (Å²) < 4.78 is 16.4. The Balaban J connectivity index is 1.84. The fourth-order valence-electron chi connectivity index (χ4n) is 3.52. The van der Waals surface area contributed by atoms with E-state index in [0.717, 1.165) is 18.4 Å². The molecule has 3 atom stereocenters. The van der Waals surface area contributed by atoms with Crippen LogP contribution in [-0.2, 0) is 24.6 Å². The van der Waals surface area contributed by atoms with Crippen molar-refractivity contribution < 1.29 is 23.8 Å². The maximum Gasteiger partial charge on any atom is 0.410 e. The van der Waals surface area contributed by atoms with Crippen molar-refractivity contribution in [3.63, 3.8) is 0 Å². The molecule has 25 heavy (non-hydrogen) atoms. The van der Waals surface area contributed by atoms with Crippen LogP contribution >= 0.6 is 0 Å². The van der Waals surface area contributed by atoms with Crippen LogP contribution in [0.2, 0.25) is 0 Å². The Bertz CT molecular complexity index is 654. The molecule has 6 nitrogen and oxygen atoms in total. The monoisotopic (exact) mass is 347 g/mol. The van der Waals surface area contributed by atoms with Crippen LogP contribution in [0.1, 0.15) is 39.2 Å². The third-order valence-electron chi connectivity index (χ3n) is 4.62. The van der Waals surface area contributed by atoms with Gasteiger partial charge in [-0.05, 0) is 39.2 Å². The zero-order valence-corrected chi connectivity index (χ0v) is 15.2. The Morgan fingerprint density at radius 1 is 1.24 bits per heavy atom. The number of carbonyl (C=O) groups excluding carboxylic acids is 2. The molecule has 0 aliphatic carbocycles. The highest BCUT2D eigenvalue weighted by Crippen LogP contribution is 2.52. The molecule has 2 heterocycles. The van der Waals surface area contributed by atoms with E-state index in [2.05, 4.69) is 0 Å². The fraction of sp³-hybridized carbons (Fsp3) is 0.579. The van der Waals surface area contributed by atoms with Gasteiger partial charge in [0.15, 0.2) is 0 Å². The summed E-state index contributed by atoms with van der Waals surface area (Å²) in [6.45, 7) is 6.12. The lowest BCUT2D eigenvalue weighted by molar-refractivity contribution is -0.147. The van der Waals surface area contributed by atoms with Crippen LogP contribution in [0.4, 0.5) is 4.79 Å². The minimum Gasteiger partial charge on any atom is -0.467 e. The lowest BCUT2D eigenvalue weighted by Crippen LogP contribution is -2.44. The van der Waals surface area contributed by atoms with Gasteiger partial charge in [0.1, 0.15) is 11.7 Å². The smallest absolute Gasteiger partial charge is 0.410 e. The maximum atomic E-state index is 12.5. The van der Waals surface area contributed by atoms with Crippen molar-refractivity contribution in [3.05, 3.63) is 35.9 Å². The van der Waals surface area contributed by atoms with Gasteiger partial charge in [0.05, 0.1) is 13.2 Å². The summed E-state index contributed by atoms with van der Waals surface area (Å²) in [7, 11) is 1.35. The summed E-state index contributed by atoms with van der Waals surface area (Å²) in [4.78, 5) is 26.7. The van der Waals surface area contributed by atoms with Gasteiger partial charge in [0.25, 0.3) is 0 Å². The first-order chi connectivity index (χ1) is 11.8. The molecule has 1 unspecified atom stereocenters. The number of amides is 1. The highest BCUT2D eigenvalue weighted by molar-refractivity contribution is 5.85. The van der Waals surface area contributed by atoms with Crippen LogP contribution in [0.25, 0.3) is 0 Å². The van der Waals surface area contributed by atoms with Crippen LogP contribution in [-0.4, -0.2) is 48.4 Å². The van der Waals surface area contributed by atoms with E-state index >= 15 is 0 Å². The Hall–Kier alpha value is -2.08. The van der Waals surface area contributed by atoms with Gasteiger partial charge in [-0.2, -0.15) is 0 Å². The first kappa shape index (κ1) is 17.7. The molecule has 1 aromatic carbocycles. The molecule has 0 spiro atoms. The number of methoxy groups -OCH3 is 1. The predicted molar refractivity (Wildman–Crippen MR) is 91.0 cm³/mol. The number of hydrogen-bond donors (Lipinski definition) is 0. The van der Waals surface area contributed by atoms with Crippen molar-refractivity contribution in [1.82, 2.24) is 4.90 Å². The lowest BCUT2D eigenvalue weighted by Gasteiger charge is -2.28. The summed E-state index contributed by atoms with van der Waals surface area (Å²) in [5, 5.41) is 0. The van der Waals surface area contributed by atoms with E-state index in [9.17, 15) is 9.59 Å². The molecule has 0 aromatic heterocycles. The van der Waals surface area contributed by atoms with E-state index in [4.69, 9.17) is 14.2 Å². The number of benzene rings is 1. The van der Waals surface area contributed by atoms with E-state index in [1.807, 2.05) is 51.1 Å². The standard InChI is InChI=1S/C19H25NO5/c1-18(2,3)25-17(22)20-12-8-11-14(20)15-19(24-15,16(21)23-4)13-9-6-5-7-10-13/h5-7,9-10,14-15H,8,11-12H2,1-4H3/t14?,15-,19-/m1/s1. The maximum absolute atomic E-state index is 12.5. The van der Waals surface area contributed by atoms with Gasteiger partial charge in [-0.25, -0.2) is 9.59 Å². The summed E-state index contributed by atoms with van der Waals surface area (Å²) >= 11 is 0. The van der Waals surface area contributed by atoms with Crippen LogP contribution < -0.4 is 0 Å². The van der Waals surface area contributed by atoms with Gasteiger partial charge < -0.3 is 19.1 Å². The van der Waals surface area contributed by atoms with Crippen molar-refractivity contribution in [2.75, 3.05) is 13.7 Å². The number of nitrogens with zero attached hydrogens (tertiary/aromatic N) is 1. The average Bonchev–Trinajstić information content (AvgIpc) is 3.13. The number of rotatable bonds is 3. The first-order valence-electron chi connectivity index (χ1n) is 8.61. The molecule has 0 bridgehead atoms. The minimum absolute atomic E-state index is 0.200. The number of hydrogen-bond acceptors (Lipinski definition) is 5. The van der Waals surface area contributed by atoms with E-state index in [1.54, 1.807) is 4.90 Å². The molecular weight excluding hydrogens is 322 g/mol. The summed E-state index contributed by atoms with van der Waals surface area (Å²) in [5.74, 6) is -0.431. The van der Waals surface area contributed by atoms with E-state index in [0.29, 0.717) is 6.54 Å². The van der Waals surface area contributed by atoms with Crippen molar-refractivity contribution in [2.24, 2.45) is 0 Å². The second-order valence-corrected chi connectivity index (χ2v) is 7.52. The molecule has 3 rings (SSSR count). The number of likely N-dealkylation sites (tertiary alicyclic amines) is 1. The molecule has 0 saturated carbocycles. The highest BCUT2D eigenvalue weighted by Gasteiger charge is 2.69. The van der Waals surface area contributed by atoms with Crippen molar-refractivity contribution in [1.29, 1.82) is 0 Å².